The first kappa shape index (κ1) is 24.6. The van der Waals surface area contributed by atoms with E-state index in [0.29, 0.717) is 53.9 Å². The predicted octanol–water partition coefficient (Wildman–Crippen LogP) is 4.57. The van der Waals surface area contributed by atoms with E-state index in [1.165, 1.54) is 6.42 Å². The third-order valence-electron chi connectivity index (χ3n) is 6.51. The lowest BCUT2D eigenvalue weighted by molar-refractivity contribution is 0.0916. The van der Waals surface area contributed by atoms with Gasteiger partial charge in [-0.05, 0) is 88.9 Å². The Morgan fingerprint density at radius 2 is 1.79 bits per heavy atom. The van der Waals surface area contributed by atoms with E-state index < -0.39 is 0 Å². The van der Waals surface area contributed by atoms with E-state index in [1.807, 2.05) is 38.1 Å². The molecule has 34 heavy (non-hydrogen) atoms. The van der Waals surface area contributed by atoms with Gasteiger partial charge in [0, 0.05) is 24.8 Å². The minimum atomic E-state index is -0.0439. The van der Waals surface area contributed by atoms with Gasteiger partial charge in [0.1, 0.15) is 22.3 Å². The molecule has 1 saturated heterocycles. The number of carbonyl (C=O) groups is 1. The van der Waals surface area contributed by atoms with Crippen LogP contribution in [0.4, 0.5) is 5.82 Å². The van der Waals surface area contributed by atoms with Gasteiger partial charge in [-0.15, -0.1) is 0 Å². The summed E-state index contributed by atoms with van der Waals surface area (Å²) in [6.45, 7) is 7.52. The summed E-state index contributed by atoms with van der Waals surface area (Å²) in [6, 6.07) is 8.46. The number of carbonyl (C=O) groups excluding carboxylic acids is 1. The van der Waals surface area contributed by atoms with Crippen LogP contribution in [0.1, 0.15) is 61.9 Å². The molecule has 2 fully saturated rings. The maximum Gasteiger partial charge on any atom is 0.253 e. The highest BCUT2D eigenvalue weighted by molar-refractivity contribution is 6.33. The second kappa shape index (κ2) is 11.8. The van der Waals surface area contributed by atoms with Gasteiger partial charge in [0.15, 0.2) is 0 Å². The summed E-state index contributed by atoms with van der Waals surface area (Å²) in [6.07, 6.45) is 7.06. The number of nitrogens with zero attached hydrogens (tertiary/aromatic N) is 2. The summed E-state index contributed by atoms with van der Waals surface area (Å²) in [5.74, 6) is 2.08. The SMILES string of the molecule is CCOc1cc(CN(c2ccc(C(=O)NC3CCC3)cn2)C2CCNCC2)cc(OCC)c1Cl. The van der Waals surface area contributed by atoms with Crippen LogP contribution in [0.15, 0.2) is 30.5 Å². The number of anilines is 1. The molecule has 0 radical (unpaired) electrons. The molecule has 1 aliphatic heterocycles. The van der Waals surface area contributed by atoms with E-state index in [2.05, 4.69) is 15.5 Å². The van der Waals surface area contributed by atoms with Crippen LogP contribution in [0.5, 0.6) is 11.5 Å². The van der Waals surface area contributed by atoms with Crippen molar-refractivity contribution >= 4 is 23.3 Å². The van der Waals surface area contributed by atoms with Crippen LogP contribution >= 0.6 is 11.6 Å². The molecule has 1 amide bonds. The number of pyridine rings is 1. The van der Waals surface area contributed by atoms with Gasteiger partial charge < -0.3 is 25.0 Å². The van der Waals surface area contributed by atoms with Crippen LogP contribution < -0.4 is 25.0 Å². The molecule has 0 atom stereocenters. The van der Waals surface area contributed by atoms with Crippen molar-refractivity contribution in [3.63, 3.8) is 0 Å². The molecule has 0 bridgehead atoms. The fourth-order valence-corrected chi connectivity index (χ4v) is 4.68. The fraction of sp³-hybridized carbons (Fsp3) is 0.538. The highest BCUT2D eigenvalue weighted by atomic mass is 35.5. The Labute approximate surface area is 207 Å². The zero-order chi connectivity index (χ0) is 23.9. The lowest BCUT2D eigenvalue weighted by atomic mass is 9.93. The summed E-state index contributed by atoms with van der Waals surface area (Å²) in [7, 11) is 0. The molecule has 2 aliphatic rings. The van der Waals surface area contributed by atoms with Gasteiger partial charge in [0.2, 0.25) is 0 Å². The Balaban J connectivity index is 1.58. The lowest BCUT2D eigenvalue weighted by Gasteiger charge is -2.36. The zero-order valence-corrected chi connectivity index (χ0v) is 20.9. The first-order chi connectivity index (χ1) is 16.6. The van der Waals surface area contributed by atoms with E-state index >= 15 is 0 Å². The summed E-state index contributed by atoms with van der Waals surface area (Å²) >= 11 is 6.52. The van der Waals surface area contributed by atoms with Gasteiger partial charge >= 0.3 is 0 Å². The molecule has 1 aliphatic carbocycles. The number of benzene rings is 1. The van der Waals surface area contributed by atoms with Gasteiger partial charge in [-0.25, -0.2) is 4.98 Å². The number of hydrogen-bond acceptors (Lipinski definition) is 6. The van der Waals surface area contributed by atoms with Crippen molar-refractivity contribution in [2.45, 2.75) is 64.6 Å². The Kier molecular flexibility index (Phi) is 8.51. The highest BCUT2D eigenvalue weighted by Crippen LogP contribution is 2.37. The monoisotopic (exact) mass is 486 g/mol. The number of halogens is 1. The summed E-state index contributed by atoms with van der Waals surface area (Å²) in [4.78, 5) is 19.6. The highest BCUT2D eigenvalue weighted by Gasteiger charge is 2.25. The van der Waals surface area contributed by atoms with Crippen LogP contribution in [-0.4, -0.2) is 49.3 Å². The second-order valence-corrected chi connectivity index (χ2v) is 9.27. The maximum atomic E-state index is 12.5. The van der Waals surface area contributed by atoms with Crippen molar-refractivity contribution in [3.05, 3.63) is 46.6 Å². The molecule has 4 rings (SSSR count). The minimum Gasteiger partial charge on any atom is -0.492 e. The topological polar surface area (TPSA) is 75.7 Å². The van der Waals surface area contributed by atoms with Gasteiger partial charge in [-0.3, -0.25) is 4.79 Å². The first-order valence-electron chi connectivity index (χ1n) is 12.4. The molecule has 1 aromatic carbocycles. The van der Waals surface area contributed by atoms with E-state index in [-0.39, 0.29) is 5.91 Å². The standard InChI is InChI=1S/C26H35ClN4O3/c1-3-33-22-14-18(15-23(25(22)27)34-4-2)17-31(21-10-12-28-13-11-21)24-9-8-19(16-29-24)26(32)30-20-6-5-7-20/h8-9,14-16,20-21,28H,3-7,10-13,17H2,1-2H3,(H,30,32). The molecular formula is C26H35ClN4O3. The quantitative estimate of drug-likeness (QED) is 0.512. The zero-order valence-electron chi connectivity index (χ0n) is 20.1. The number of rotatable bonds is 10. The summed E-state index contributed by atoms with van der Waals surface area (Å²) in [5.41, 5.74) is 1.65. The molecular weight excluding hydrogens is 452 g/mol. The molecule has 2 N–H and O–H groups in total. The number of amides is 1. The molecule has 7 nitrogen and oxygen atoms in total. The molecule has 184 valence electrons. The van der Waals surface area contributed by atoms with Crippen molar-refractivity contribution in [2.24, 2.45) is 0 Å². The number of piperidine rings is 1. The first-order valence-corrected chi connectivity index (χ1v) is 12.8. The van der Waals surface area contributed by atoms with Gasteiger partial charge in [0.25, 0.3) is 5.91 Å². The Bertz CT molecular complexity index is 932. The molecule has 1 saturated carbocycles. The van der Waals surface area contributed by atoms with Crippen LogP contribution in [-0.2, 0) is 6.54 Å². The third-order valence-corrected chi connectivity index (χ3v) is 6.88. The predicted molar refractivity (Wildman–Crippen MR) is 135 cm³/mol. The number of ether oxygens (including phenoxy) is 2. The van der Waals surface area contributed by atoms with E-state index in [1.54, 1.807) is 6.20 Å². The molecule has 2 aromatic rings. The van der Waals surface area contributed by atoms with Crippen molar-refractivity contribution in [1.82, 2.24) is 15.6 Å². The Morgan fingerprint density at radius 3 is 2.32 bits per heavy atom. The summed E-state index contributed by atoms with van der Waals surface area (Å²) < 4.78 is 11.6. The van der Waals surface area contributed by atoms with E-state index in [0.717, 1.165) is 50.2 Å². The van der Waals surface area contributed by atoms with Gasteiger partial charge in [-0.2, -0.15) is 0 Å². The normalized spacial score (nSPS) is 16.6. The smallest absolute Gasteiger partial charge is 0.253 e. The number of nitrogens with one attached hydrogen (secondary N) is 2. The van der Waals surface area contributed by atoms with E-state index in [4.69, 9.17) is 26.1 Å². The van der Waals surface area contributed by atoms with Crippen molar-refractivity contribution in [2.75, 3.05) is 31.2 Å². The van der Waals surface area contributed by atoms with Gasteiger partial charge in [0.05, 0.1) is 18.8 Å². The Hall–Kier alpha value is -2.51. The van der Waals surface area contributed by atoms with E-state index in [9.17, 15) is 4.79 Å². The Morgan fingerprint density at radius 1 is 1.12 bits per heavy atom. The second-order valence-electron chi connectivity index (χ2n) is 8.89. The lowest BCUT2D eigenvalue weighted by Crippen LogP contribution is -2.43. The molecule has 8 heteroatoms. The average Bonchev–Trinajstić information content (AvgIpc) is 2.83. The van der Waals surface area contributed by atoms with Crippen molar-refractivity contribution < 1.29 is 14.3 Å². The van der Waals surface area contributed by atoms with Crippen molar-refractivity contribution in [3.8, 4) is 11.5 Å². The number of aromatic nitrogens is 1. The molecule has 2 heterocycles. The third kappa shape index (κ3) is 5.94. The largest absolute Gasteiger partial charge is 0.492 e. The van der Waals surface area contributed by atoms with Crippen LogP contribution in [0.25, 0.3) is 0 Å². The molecule has 0 spiro atoms. The fourth-order valence-electron chi connectivity index (χ4n) is 4.46. The average molecular weight is 487 g/mol. The van der Waals surface area contributed by atoms with Crippen LogP contribution in [0.3, 0.4) is 0 Å². The molecule has 1 aromatic heterocycles. The van der Waals surface area contributed by atoms with Gasteiger partial charge in [-0.1, -0.05) is 11.6 Å². The number of hydrogen-bond donors (Lipinski definition) is 2. The van der Waals surface area contributed by atoms with Crippen molar-refractivity contribution in [1.29, 1.82) is 0 Å². The summed E-state index contributed by atoms with van der Waals surface area (Å²) in [5, 5.41) is 7.03. The van der Waals surface area contributed by atoms with Crippen LogP contribution in [0, 0.1) is 0 Å². The maximum absolute atomic E-state index is 12.5. The minimum absolute atomic E-state index is 0.0439. The van der Waals surface area contributed by atoms with Crippen LogP contribution in [0.2, 0.25) is 5.02 Å². The molecule has 0 unspecified atom stereocenters.